The fraction of sp³-hybridized carbons (Fsp3) is 0.652. The first-order chi connectivity index (χ1) is 16.8. The Morgan fingerprint density at radius 3 is 2.56 bits per heavy atom. The maximum absolute atomic E-state index is 14.4. The lowest BCUT2D eigenvalue weighted by atomic mass is 9.74. The number of alkyl halides is 4. The molecule has 36 heavy (non-hydrogen) atoms. The molecule has 2 fully saturated rings. The van der Waals surface area contributed by atoms with E-state index < -0.39 is 54.6 Å². The van der Waals surface area contributed by atoms with Gasteiger partial charge in [-0.3, -0.25) is 9.59 Å². The van der Waals surface area contributed by atoms with Crippen LogP contribution in [-0.2, 0) is 20.7 Å². The van der Waals surface area contributed by atoms with Crippen LogP contribution in [0.1, 0.15) is 49.5 Å². The van der Waals surface area contributed by atoms with Crippen LogP contribution in [-0.4, -0.2) is 66.1 Å². The SMILES string of the molecule is COC(=O)C1(Cc2nn3cc(C(N)C4CCC(F)(F)CC4)nc3cc2N(C)C)CC(F)(F)CNC1=O. The molecule has 0 spiro atoms. The summed E-state index contributed by atoms with van der Waals surface area (Å²) in [6, 6.07) is 1.07. The summed E-state index contributed by atoms with van der Waals surface area (Å²) in [6.07, 6.45) is 0.209. The van der Waals surface area contributed by atoms with Crippen molar-refractivity contribution in [3.63, 3.8) is 0 Å². The number of methoxy groups -OCH3 is 1. The van der Waals surface area contributed by atoms with Crippen LogP contribution >= 0.6 is 0 Å². The van der Waals surface area contributed by atoms with E-state index in [1.165, 1.54) is 4.52 Å². The second kappa shape index (κ2) is 9.16. The topological polar surface area (TPSA) is 115 Å². The number of carbonyl (C=O) groups is 2. The van der Waals surface area contributed by atoms with Crippen LogP contribution in [0.15, 0.2) is 12.3 Å². The van der Waals surface area contributed by atoms with Crippen molar-refractivity contribution < 1.29 is 31.9 Å². The van der Waals surface area contributed by atoms with Crippen molar-refractivity contribution in [3.05, 3.63) is 23.7 Å². The van der Waals surface area contributed by atoms with Crippen molar-refractivity contribution in [2.45, 2.75) is 56.4 Å². The molecule has 9 nitrogen and oxygen atoms in total. The predicted octanol–water partition coefficient (Wildman–Crippen LogP) is 2.48. The number of hydrogen-bond donors (Lipinski definition) is 2. The zero-order valence-corrected chi connectivity index (χ0v) is 20.4. The minimum Gasteiger partial charge on any atom is -0.468 e. The van der Waals surface area contributed by atoms with E-state index in [4.69, 9.17) is 10.5 Å². The monoisotopic (exact) mass is 514 g/mol. The van der Waals surface area contributed by atoms with Crippen molar-refractivity contribution in [2.24, 2.45) is 17.1 Å². The number of anilines is 1. The number of amides is 1. The summed E-state index contributed by atoms with van der Waals surface area (Å²) in [5.41, 5.74) is 5.75. The number of nitrogens with zero attached hydrogens (tertiary/aromatic N) is 4. The molecule has 1 aliphatic carbocycles. The van der Waals surface area contributed by atoms with Crippen LogP contribution in [0.5, 0.6) is 0 Å². The number of halogens is 4. The quantitative estimate of drug-likeness (QED) is 0.346. The fourth-order valence-electron chi connectivity index (χ4n) is 5.13. The molecule has 0 aromatic carbocycles. The molecular formula is C23H30F4N6O3. The Morgan fingerprint density at radius 1 is 1.28 bits per heavy atom. The standard InChI is InChI=1S/C23H30F4N6O3/c1-32(2)16-8-17-30-15(18(28)13-4-6-22(24,25)7-5-13)10-33(17)31-14(16)9-21(20(35)36-3)11-23(26,27)12-29-19(21)34/h8,10,13,18H,4-7,9,11-12,28H2,1-3H3,(H,29,34). The van der Waals surface area contributed by atoms with Crippen molar-refractivity contribution in [2.75, 3.05) is 32.6 Å². The summed E-state index contributed by atoms with van der Waals surface area (Å²) in [5.74, 6) is -8.08. The van der Waals surface area contributed by atoms with Crippen molar-refractivity contribution >= 4 is 23.2 Å². The van der Waals surface area contributed by atoms with Crippen molar-refractivity contribution in [3.8, 4) is 0 Å². The third-order valence-electron chi connectivity index (χ3n) is 7.16. The van der Waals surface area contributed by atoms with E-state index in [0.29, 0.717) is 17.0 Å². The highest BCUT2D eigenvalue weighted by atomic mass is 19.3. The van der Waals surface area contributed by atoms with Crippen LogP contribution in [0.3, 0.4) is 0 Å². The molecule has 198 valence electrons. The molecule has 2 unspecified atom stereocenters. The smallest absolute Gasteiger partial charge is 0.322 e. The molecule has 13 heteroatoms. The van der Waals surface area contributed by atoms with E-state index >= 15 is 0 Å². The van der Waals surface area contributed by atoms with Crippen LogP contribution in [0.4, 0.5) is 23.2 Å². The number of aromatic nitrogens is 3. The van der Waals surface area contributed by atoms with Gasteiger partial charge in [0.25, 0.3) is 5.92 Å². The van der Waals surface area contributed by atoms with Crippen LogP contribution in [0.25, 0.3) is 5.65 Å². The van der Waals surface area contributed by atoms with Crippen LogP contribution in [0, 0.1) is 11.3 Å². The zero-order valence-electron chi connectivity index (χ0n) is 20.4. The Hall–Kier alpha value is -2.96. The number of hydrogen-bond acceptors (Lipinski definition) is 7. The zero-order chi connectivity index (χ0) is 26.5. The normalized spacial score (nSPS) is 24.8. The van der Waals surface area contributed by atoms with Gasteiger partial charge < -0.3 is 20.7 Å². The van der Waals surface area contributed by atoms with E-state index in [2.05, 4.69) is 15.4 Å². The van der Waals surface area contributed by atoms with Gasteiger partial charge in [-0.05, 0) is 18.8 Å². The highest BCUT2D eigenvalue weighted by molar-refractivity contribution is 6.03. The van der Waals surface area contributed by atoms with Gasteiger partial charge >= 0.3 is 5.97 Å². The Kier molecular flexibility index (Phi) is 6.65. The highest BCUT2D eigenvalue weighted by Gasteiger charge is 2.57. The van der Waals surface area contributed by atoms with Crippen LogP contribution < -0.4 is 16.0 Å². The minimum absolute atomic E-state index is 0.168. The summed E-state index contributed by atoms with van der Waals surface area (Å²) in [5, 5.41) is 6.64. The van der Waals surface area contributed by atoms with Gasteiger partial charge in [0.05, 0.1) is 43.0 Å². The van der Waals surface area contributed by atoms with Crippen LogP contribution in [0.2, 0.25) is 0 Å². The van der Waals surface area contributed by atoms with Crippen molar-refractivity contribution in [1.82, 2.24) is 19.9 Å². The lowest BCUT2D eigenvalue weighted by Gasteiger charge is -2.37. The average Bonchev–Trinajstić information content (AvgIpc) is 3.22. The van der Waals surface area contributed by atoms with Gasteiger partial charge in [-0.15, -0.1) is 0 Å². The molecular weight excluding hydrogens is 484 g/mol. The second-order valence-electron chi connectivity index (χ2n) is 10.0. The Morgan fingerprint density at radius 2 is 1.94 bits per heavy atom. The first-order valence-corrected chi connectivity index (χ1v) is 11.7. The van der Waals surface area contributed by atoms with Crippen molar-refractivity contribution in [1.29, 1.82) is 0 Å². The van der Waals surface area contributed by atoms with E-state index in [1.807, 2.05) is 0 Å². The lowest BCUT2D eigenvalue weighted by Crippen LogP contribution is -2.59. The number of nitrogens with two attached hydrogens (primary N) is 1. The molecule has 0 bridgehead atoms. The molecule has 3 heterocycles. The Labute approximate surface area is 205 Å². The molecule has 2 aromatic heterocycles. The second-order valence-corrected chi connectivity index (χ2v) is 10.0. The summed E-state index contributed by atoms with van der Waals surface area (Å²) >= 11 is 0. The fourth-order valence-corrected chi connectivity index (χ4v) is 5.13. The average molecular weight is 515 g/mol. The van der Waals surface area contributed by atoms with Gasteiger partial charge in [0.1, 0.15) is 0 Å². The lowest BCUT2D eigenvalue weighted by molar-refractivity contribution is -0.172. The summed E-state index contributed by atoms with van der Waals surface area (Å²) in [6.45, 7) is -0.868. The van der Waals surface area contributed by atoms with Gasteiger partial charge in [0.2, 0.25) is 11.8 Å². The first-order valence-electron chi connectivity index (χ1n) is 11.7. The van der Waals surface area contributed by atoms with Gasteiger partial charge in [-0.1, -0.05) is 0 Å². The molecule has 1 aliphatic heterocycles. The number of ether oxygens (including phenoxy) is 1. The number of fused-ring (bicyclic) bond motifs is 1. The molecule has 1 saturated carbocycles. The molecule has 1 amide bonds. The Balaban J connectivity index is 1.71. The highest BCUT2D eigenvalue weighted by Crippen LogP contribution is 2.42. The first kappa shape index (κ1) is 26.1. The molecule has 2 aromatic rings. The number of carbonyl (C=O) groups excluding carboxylic acids is 2. The number of piperidine rings is 1. The maximum Gasteiger partial charge on any atom is 0.322 e. The third kappa shape index (κ3) is 4.84. The van der Waals surface area contributed by atoms with Gasteiger partial charge in [0, 0.05) is 45.8 Å². The van der Waals surface area contributed by atoms with E-state index in [9.17, 15) is 27.2 Å². The van der Waals surface area contributed by atoms with Gasteiger partial charge in [-0.25, -0.2) is 27.1 Å². The van der Waals surface area contributed by atoms with Gasteiger partial charge in [0.15, 0.2) is 11.1 Å². The predicted molar refractivity (Wildman–Crippen MR) is 122 cm³/mol. The molecule has 2 atom stereocenters. The molecule has 4 rings (SSSR count). The summed E-state index contributed by atoms with van der Waals surface area (Å²) < 4.78 is 62.1. The summed E-state index contributed by atoms with van der Waals surface area (Å²) in [7, 11) is 4.45. The minimum atomic E-state index is -3.31. The molecule has 0 radical (unpaired) electrons. The Bertz CT molecular complexity index is 1150. The van der Waals surface area contributed by atoms with E-state index in [1.54, 1.807) is 31.3 Å². The number of nitrogens with one attached hydrogen (secondary N) is 1. The summed E-state index contributed by atoms with van der Waals surface area (Å²) in [4.78, 5) is 31.7. The number of rotatable bonds is 6. The van der Waals surface area contributed by atoms with Gasteiger partial charge in [-0.2, -0.15) is 5.10 Å². The molecule has 3 N–H and O–H groups in total. The largest absolute Gasteiger partial charge is 0.468 e. The molecule has 2 aliphatic rings. The third-order valence-corrected chi connectivity index (χ3v) is 7.16. The maximum atomic E-state index is 14.4. The van der Waals surface area contributed by atoms with E-state index in [-0.39, 0.29) is 37.3 Å². The number of imidazole rings is 1. The number of esters is 1. The molecule has 1 saturated heterocycles. The van der Waals surface area contributed by atoms with E-state index in [0.717, 1.165) is 7.11 Å².